The van der Waals surface area contributed by atoms with Crippen LogP contribution in [0.15, 0.2) is 28.8 Å². The van der Waals surface area contributed by atoms with Crippen molar-refractivity contribution in [2.45, 2.75) is 19.9 Å². The van der Waals surface area contributed by atoms with Gasteiger partial charge in [0.05, 0.1) is 11.7 Å². The zero-order valence-electron chi connectivity index (χ0n) is 10.4. The molecule has 1 aromatic carbocycles. The molecule has 0 radical (unpaired) electrons. The molecule has 0 aliphatic carbocycles. The van der Waals surface area contributed by atoms with E-state index in [2.05, 4.69) is 10.5 Å². The number of halogens is 2. The van der Waals surface area contributed by atoms with Crippen molar-refractivity contribution >= 4 is 17.5 Å². The van der Waals surface area contributed by atoms with E-state index < -0.39 is 11.7 Å². The zero-order valence-corrected chi connectivity index (χ0v) is 11.2. The largest absolute Gasteiger partial charge is 0.351 e. The third-order valence-corrected chi connectivity index (χ3v) is 2.96. The third kappa shape index (κ3) is 3.12. The number of rotatable bonds is 3. The molecule has 0 saturated carbocycles. The van der Waals surface area contributed by atoms with Gasteiger partial charge in [-0.15, -0.1) is 0 Å². The molecule has 0 saturated heterocycles. The van der Waals surface area contributed by atoms with Crippen molar-refractivity contribution < 1.29 is 13.7 Å². The number of hydrogen-bond donors (Lipinski definition) is 1. The molecule has 19 heavy (non-hydrogen) atoms. The van der Waals surface area contributed by atoms with Crippen LogP contribution in [0.25, 0.3) is 0 Å². The summed E-state index contributed by atoms with van der Waals surface area (Å²) >= 11 is 5.93. The van der Waals surface area contributed by atoms with E-state index in [0.29, 0.717) is 11.3 Å². The Bertz CT molecular complexity index is 612. The van der Waals surface area contributed by atoms with Gasteiger partial charge in [0.2, 0.25) is 5.76 Å². The number of aromatic nitrogens is 1. The van der Waals surface area contributed by atoms with E-state index in [1.54, 1.807) is 13.8 Å². The molecule has 1 heterocycles. The van der Waals surface area contributed by atoms with E-state index in [0.717, 1.165) is 0 Å². The standard InChI is InChI=1S/C13H12ClFN2O2/c1-7-5-12(19-17-7)13(18)16-8(2)10-4-3-9(15)6-11(10)14/h3-6,8H,1-2H3,(H,16,18). The van der Waals surface area contributed by atoms with Crippen LogP contribution in [-0.2, 0) is 0 Å². The minimum Gasteiger partial charge on any atom is -0.351 e. The summed E-state index contributed by atoms with van der Waals surface area (Å²) in [4.78, 5) is 11.9. The second kappa shape index (κ2) is 5.40. The van der Waals surface area contributed by atoms with E-state index in [-0.39, 0.29) is 16.8 Å². The molecule has 0 aliphatic rings. The predicted molar refractivity (Wildman–Crippen MR) is 68.5 cm³/mol. The van der Waals surface area contributed by atoms with Crippen molar-refractivity contribution in [3.05, 3.63) is 52.1 Å². The molecule has 2 aromatic rings. The summed E-state index contributed by atoms with van der Waals surface area (Å²) in [5, 5.41) is 6.61. The molecule has 0 aliphatic heterocycles. The van der Waals surface area contributed by atoms with E-state index in [1.807, 2.05) is 0 Å². The fourth-order valence-electron chi connectivity index (χ4n) is 1.67. The molecule has 2 rings (SSSR count). The first-order valence-corrected chi connectivity index (χ1v) is 6.04. The van der Waals surface area contributed by atoms with Gasteiger partial charge in [0, 0.05) is 11.1 Å². The van der Waals surface area contributed by atoms with Gasteiger partial charge in [-0.3, -0.25) is 4.79 Å². The van der Waals surface area contributed by atoms with Gasteiger partial charge in [-0.25, -0.2) is 4.39 Å². The van der Waals surface area contributed by atoms with Crippen molar-refractivity contribution in [3.8, 4) is 0 Å². The number of nitrogens with zero attached hydrogens (tertiary/aromatic N) is 1. The second-order valence-corrected chi connectivity index (χ2v) is 4.60. The second-order valence-electron chi connectivity index (χ2n) is 4.19. The summed E-state index contributed by atoms with van der Waals surface area (Å²) in [5.74, 6) is -0.686. The van der Waals surface area contributed by atoms with Gasteiger partial charge >= 0.3 is 0 Å². The molecule has 1 atom stereocenters. The maximum atomic E-state index is 12.9. The summed E-state index contributed by atoms with van der Waals surface area (Å²) in [6.07, 6.45) is 0. The zero-order chi connectivity index (χ0) is 14.0. The summed E-state index contributed by atoms with van der Waals surface area (Å²) in [5.41, 5.74) is 1.25. The van der Waals surface area contributed by atoms with Crippen LogP contribution < -0.4 is 5.32 Å². The Kier molecular flexibility index (Phi) is 3.85. The van der Waals surface area contributed by atoms with E-state index in [4.69, 9.17) is 16.1 Å². The lowest BCUT2D eigenvalue weighted by molar-refractivity contribution is 0.0902. The van der Waals surface area contributed by atoms with Crippen LogP contribution in [0, 0.1) is 12.7 Å². The van der Waals surface area contributed by atoms with Crippen LogP contribution in [0.4, 0.5) is 4.39 Å². The highest BCUT2D eigenvalue weighted by Gasteiger charge is 2.17. The van der Waals surface area contributed by atoms with Crippen LogP contribution in [0.3, 0.4) is 0 Å². The fourth-order valence-corrected chi connectivity index (χ4v) is 2.00. The normalized spacial score (nSPS) is 12.2. The molecule has 0 spiro atoms. The number of aryl methyl sites for hydroxylation is 1. The molecular weight excluding hydrogens is 271 g/mol. The van der Waals surface area contributed by atoms with Gasteiger partial charge in [-0.2, -0.15) is 0 Å². The van der Waals surface area contributed by atoms with Crippen molar-refractivity contribution in [1.29, 1.82) is 0 Å². The first kappa shape index (κ1) is 13.5. The van der Waals surface area contributed by atoms with Gasteiger partial charge in [0.15, 0.2) is 0 Å². The monoisotopic (exact) mass is 282 g/mol. The van der Waals surface area contributed by atoms with Gasteiger partial charge in [-0.1, -0.05) is 22.8 Å². The Labute approximate surface area is 114 Å². The van der Waals surface area contributed by atoms with Crippen LogP contribution >= 0.6 is 11.6 Å². The van der Waals surface area contributed by atoms with Crippen molar-refractivity contribution in [2.75, 3.05) is 0 Å². The lowest BCUT2D eigenvalue weighted by Crippen LogP contribution is -2.26. The number of amides is 1. The number of carbonyl (C=O) groups excluding carboxylic acids is 1. The van der Waals surface area contributed by atoms with Crippen molar-refractivity contribution in [1.82, 2.24) is 10.5 Å². The highest BCUT2D eigenvalue weighted by Crippen LogP contribution is 2.23. The number of benzene rings is 1. The number of carbonyl (C=O) groups is 1. The molecule has 0 fully saturated rings. The highest BCUT2D eigenvalue weighted by atomic mass is 35.5. The molecule has 1 amide bonds. The van der Waals surface area contributed by atoms with Gasteiger partial charge in [0.1, 0.15) is 5.82 Å². The Hall–Kier alpha value is -1.88. The molecule has 1 N–H and O–H groups in total. The molecule has 4 nitrogen and oxygen atoms in total. The summed E-state index contributed by atoms with van der Waals surface area (Å²) in [7, 11) is 0. The smallest absolute Gasteiger partial charge is 0.290 e. The topological polar surface area (TPSA) is 55.1 Å². The first-order chi connectivity index (χ1) is 8.97. The van der Waals surface area contributed by atoms with E-state index in [9.17, 15) is 9.18 Å². The molecular formula is C13H12ClFN2O2. The quantitative estimate of drug-likeness (QED) is 0.940. The number of hydrogen-bond acceptors (Lipinski definition) is 3. The maximum Gasteiger partial charge on any atom is 0.290 e. The molecule has 100 valence electrons. The molecule has 1 unspecified atom stereocenters. The fraction of sp³-hybridized carbons (Fsp3) is 0.231. The average Bonchev–Trinajstić information content (AvgIpc) is 2.75. The van der Waals surface area contributed by atoms with Crippen LogP contribution in [0.2, 0.25) is 5.02 Å². The van der Waals surface area contributed by atoms with Crippen LogP contribution in [-0.4, -0.2) is 11.1 Å². The summed E-state index contributed by atoms with van der Waals surface area (Å²) < 4.78 is 17.8. The lowest BCUT2D eigenvalue weighted by atomic mass is 10.1. The van der Waals surface area contributed by atoms with E-state index >= 15 is 0 Å². The lowest BCUT2D eigenvalue weighted by Gasteiger charge is -2.14. The minimum atomic E-state index is -0.418. The first-order valence-electron chi connectivity index (χ1n) is 5.66. The predicted octanol–water partition coefficient (Wildman–Crippen LogP) is 3.27. The Morgan fingerprint density at radius 3 is 2.79 bits per heavy atom. The Morgan fingerprint density at radius 1 is 1.47 bits per heavy atom. The Balaban J connectivity index is 2.12. The Morgan fingerprint density at radius 2 is 2.21 bits per heavy atom. The van der Waals surface area contributed by atoms with Gasteiger partial charge < -0.3 is 9.84 Å². The number of nitrogens with one attached hydrogen (secondary N) is 1. The van der Waals surface area contributed by atoms with Crippen molar-refractivity contribution in [3.63, 3.8) is 0 Å². The van der Waals surface area contributed by atoms with Gasteiger partial charge in [-0.05, 0) is 31.5 Å². The van der Waals surface area contributed by atoms with Gasteiger partial charge in [0.25, 0.3) is 5.91 Å². The van der Waals surface area contributed by atoms with E-state index in [1.165, 1.54) is 24.3 Å². The molecule has 1 aromatic heterocycles. The molecule has 0 bridgehead atoms. The minimum absolute atomic E-state index is 0.127. The SMILES string of the molecule is Cc1cc(C(=O)NC(C)c2ccc(F)cc2Cl)on1. The van der Waals surface area contributed by atoms with Crippen LogP contribution in [0.1, 0.15) is 34.8 Å². The average molecular weight is 283 g/mol. The summed E-state index contributed by atoms with van der Waals surface area (Å²) in [6, 6.07) is 5.20. The third-order valence-electron chi connectivity index (χ3n) is 2.63. The van der Waals surface area contributed by atoms with Crippen LogP contribution in [0.5, 0.6) is 0 Å². The molecule has 6 heteroatoms. The highest BCUT2D eigenvalue weighted by molar-refractivity contribution is 6.31. The maximum absolute atomic E-state index is 12.9. The van der Waals surface area contributed by atoms with Crippen molar-refractivity contribution in [2.24, 2.45) is 0 Å². The summed E-state index contributed by atoms with van der Waals surface area (Å²) in [6.45, 7) is 3.47.